The van der Waals surface area contributed by atoms with Gasteiger partial charge in [0.1, 0.15) is 13.1 Å². The number of carbonyl (C=O) groups is 3. The number of alkyl halides is 1. The standard InChI is InChI=1S/C6H8BrNO5/c7-1-4(9)8(2-5(10)11)3-6(12)13/h1-3H2,(H,10,11)(H,12,13). The average Bonchev–Trinajstić information content (AvgIpc) is 2.00. The van der Waals surface area contributed by atoms with E-state index in [4.69, 9.17) is 10.2 Å². The van der Waals surface area contributed by atoms with E-state index in [-0.39, 0.29) is 5.33 Å². The summed E-state index contributed by atoms with van der Waals surface area (Å²) in [7, 11) is 0. The van der Waals surface area contributed by atoms with E-state index in [1.165, 1.54) is 0 Å². The molecule has 7 heteroatoms. The number of carboxylic acid groups (broad SMARTS) is 2. The molecule has 0 aromatic rings. The van der Waals surface area contributed by atoms with Gasteiger partial charge in [0.2, 0.25) is 5.91 Å². The summed E-state index contributed by atoms with van der Waals surface area (Å²) < 4.78 is 0. The summed E-state index contributed by atoms with van der Waals surface area (Å²) in [5, 5.41) is 16.6. The van der Waals surface area contributed by atoms with E-state index in [0.717, 1.165) is 4.90 Å². The SMILES string of the molecule is O=C(O)CN(CC(=O)O)C(=O)CBr. The summed E-state index contributed by atoms with van der Waals surface area (Å²) in [4.78, 5) is 32.1. The van der Waals surface area contributed by atoms with Crippen LogP contribution in [0.25, 0.3) is 0 Å². The highest BCUT2D eigenvalue weighted by Crippen LogP contribution is 1.93. The molecule has 0 unspecified atom stereocenters. The minimum atomic E-state index is -1.24. The Hall–Kier alpha value is -1.11. The molecule has 0 aliphatic carbocycles. The van der Waals surface area contributed by atoms with Crippen LogP contribution in [0.1, 0.15) is 0 Å². The van der Waals surface area contributed by atoms with Gasteiger partial charge in [0, 0.05) is 0 Å². The van der Waals surface area contributed by atoms with Crippen molar-refractivity contribution in [1.29, 1.82) is 0 Å². The average molecular weight is 254 g/mol. The highest BCUT2D eigenvalue weighted by molar-refractivity contribution is 9.09. The molecule has 0 saturated carbocycles. The molecule has 0 aliphatic heterocycles. The molecule has 0 radical (unpaired) electrons. The lowest BCUT2D eigenvalue weighted by Crippen LogP contribution is -2.39. The maximum Gasteiger partial charge on any atom is 0.323 e. The van der Waals surface area contributed by atoms with Gasteiger partial charge >= 0.3 is 11.9 Å². The van der Waals surface area contributed by atoms with Gasteiger partial charge in [-0.1, -0.05) is 15.9 Å². The zero-order chi connectivity index (χ0) is 10.4. The Balaban J connectivity index is 4.26. The summed E-state index contributed by atoms with van der Waals surface area (Å²) in [5.41, 5.74) is 0. The number of carbonyl (C=O) groups excluding carboxylic acids is 1. The van der Waals surface area contributed by atoms with Crippen LogP contribution in [0.2, 0.25) is 0 Å². The van der Waals surface area contributed by atoms with E-state index in [0.29, 0.717) is 0 Å². The van der Waals surface area contributed by atoms with Crippen LogP contribution in [0.4, 0.5) is 0 Å². The second-order valence-electron chi connectivity index (χ2n) is 2.17. The summed E-state index contributed by atoms with van der Waals surface area (Å²) >= 11 is 2.82. The van der Waals surface area contributed by atoms with Crippen molar-refractivity contribution in [3.8, 4) is 0 Å². The van der Waals surface area contributed by atoms with Gasteiger partial charge in [-0.25, -0.2) is 0 Å². The van der Waals surface area contributed by atoms with Crippen LogP contribution in [0, 0.1) is 0 Å². The van der Waals surface area contributed by atoms with Gasteiger partial charge in [-0.2, -0.15) is 0 Å². The third-order valence-corrected chi connectivity index (χ3v) is 1.60. The number of hydrogen-bond acceptors (Lipinski definition) is 3. The van der Waals surface area contributed by atoms with Crippen molar-refractivity contribution in [1.82, 2.24) is 4.90 Å². The van der Waals surface area contributed by atoms with E-state index < -0.39 is 30.9 Å². The number of carboxylic acids is 2. The Bertz CT molecular complexity index is 213. The van der Waals surface area contributed by atoms with Crippen LogP contribution < -0.4 is 0 Å². The normalized spacial score (nSPS) is 9.31. The van der Waals surface area contributed by atoms with Crippen LogP contribution >= 0.6 is 15.9 Å². The molecule has 0 aromatic carbocycles. The Morgan fingerprint density at radius 3 is 1.69 bits per heavy atom. The molecule has 0 heterocycles. The molecule has 0 saturated heterocycles. The first-order valence-electron chi connectivity index (χ1n) is 3.24. The summed E-state index contributed by atoms with van der Waals surface area (Å²) in [6.45, 7) is -1.20. The van der Waals surface area contributed by atoms with E-state index >= 15 is 0 Å². The summed E-state index contributed by atoms with van der Waals surface area (Å²) in [6.07, 6.45) is 0. The molecule has 74 valence electrons. The molecule has 0 rings (SSSR count). The van der Waals surface area contributed by atoms with Gasteiger partial charge in [0.25, 0.3) is 0 Å². The van der Waals surface area contributed by atoms with Gasteiger partial charge in [0.15, 0.2) is 0 Å². The smallest absolute Gasteiger partial charge is 0.323 e. The highest BCUT2D eigenvalue weighted by atomic mass is 79.9. The molecule has 0 bridgehead atoms. The predicted molar refractivity (Wildman–Crippen MR) is 45.6 cm³/mol. The molecular formula is C6H8BrNO5. The van der Waals surface area contributed by atoms with Crippen molar-refractivity contribution in [2.75, 3.05) is 18.4 Å². The van der Waals surface area contributed by atoms with Gasteiger partial charge < -0.3 is 15.1 Å². The van der Waals surface area contributed by atoms with Gasteiger partial charge in [-0.15, -0.1) is 0 Å². The van der Waals surface area contributed by atoms with Crippen LogP contribution in [0.15, 0.2) is 0 Å². The fourth-order valence-corrected chi connectivity index (χ4v) is 0.998. The Kier molecular flexibility index (Phi) is 5.05. The summed E-state index contributed by atoms with van der Waals surface area (Å²) in [6, 6.07) is 0. The fraction of sp³-hybridized carbons (Fsp3) is 0.500. The molecule has 0 fully saturated rings. The van der Waals surface area contributed by atoms with E-state index in [2.05, 4.69) is 15.9 Å². The molecule has 0 aromatic heterocycles. The number of rotatable bonds is 5. The van der Waals surface area contributed by atoms with E-state index in [1.54, 1.807) is 0 Å². The first-order valence-corrected chi connectivity index (χ1v) is 4.37. The van der Waals surface area contributed by atoms with Gasteiger partial charge in [-0.05, 0) is 0 Å². The maximum atomic E-state index is 10.9. The fourth-order valence-electron chi connectivity index (χ4n) is 0.643. The molecule has 2 N–H and O–H groups in total. The maximum absolute atomic E-state index is 10.9. The number of halogens is 1. The van der Waals surface area contributed by atoms with Crippen LogP contribution in [0.3, 0.4) is 0 Å². The zero-order valence-corrected chi connectivity index (χ0v) is 8.15. The number of hydrogen-bond donors (Lipinski definition) is 2. The number of amides is 1. The van der Waals surface area contributed by atoms with Crippen molar-refractivity contribution in [2.24, 2.45) is 0 Å². The van der Waals surface area contributed by atoms with Gasteiger partial charge in [0.05, 0.1) is 5.33 Å². The van der Waals surface area contributed by atoms with Crippen molar-refractivity contribution in [3.63, 3.8) is 0 Å². The Morgan fingerprint density at radius 1 is 1.08 bits per heavy atom. The summed E-state index contributed by atoms with van der Waals surface area (Å²) in [5.74, 6) is -3.05. The van der Waals surface area contributed by atoms with Crippen LogP contribution in [-0.2, 0) is 14.4 Å². The molecule has 13 heavy (non-hydrogen) atoms. The monoisotopic (exact) mass is 253 g/mol. The molecule has 6 nitrogen and oxygen atoms in total. The quantitative estimate of drug-likeness (QED) is 0.637. The van der Waals surface area contributed by atoms with Crippen molar-refractivity contribution >= 4 is 33.8 Å². The Morgan fingerprint density at radius 2 is 1.46 bits per heavy atom. The highest BCUT2D eigenvalue weighted by Gasteiger charge is 2.17. The predicted octanol–water partition coefficient (Wildman–Crippen LogP) is -0.621. The zero-order valence-electron chi connectivity index (χ0n) is 6.57. The van der Waals surface area contributed by atoms with Gasteiger partial charge in [-0.3, -0.25) is 14.4 Å². The van der Waals surface area contributed by atoms with Crippen LogP contribution in [-0.4, -0.2) is 51.4 Å². The first-order chi connectivity index (χ1) is 5.97. The largest absolute Gasteiger partial charge is 0.480 e. The lowest BCUT2D eigenvalue weighted by Gasteiger charge is -2.16. The minimum absolute atomic E-state index is 0.0897. The first kappa shape index (κ1) is 11.9. The molecule has 0 spiro atoms. The molecule has 0 aliphatic rings. The van der Waals surface area contributed by atoms with Crippen LogP contribution in [0.5, 0.6) is 0 Å². The second kappa shape index (κ2) is 5.52. The van der Waals surface area contributed by atoms with E-state index in [1.807, 2.05) is 0 Å². The van der Waals surface area contributed by atoms with Crippen molar-refractivity contribution in [2.45, 2.75) is 0 Å². The molecule has 0 atom stereocenters. The Labute approximate surface area is 82.3 Å². The second-order valence-corrected chi connectivity index (χ2v) is 2.73. The molecular weight excluding hydrogens is 246 g/mol. The lowest BCUT2D eigenvalue weighted by molar-refractivity contribution is -0.148. The van der Waals surface area contributed by atoms with Crippen molar-refractivity contribution in [3.05, 3.63) is 0 Å². The third kappa shape index (κ3) is 5.18. The lowest BCUT2D eigenvalue weighted by atomic mass is 10.4. The van der Waals surface area contributed by atoms with Crippen molar-refractivity contribution < 1.29 is 24.6 Å². The number of aliphatic carboxylic acids is 2. The number of nitrogens with zero attached hydrogens (tertiary/aromatic N) is 1. The molecule has 1 amide bonds. The third-order valence-electron chi connectivity index (χ3n) is 1.12. The van der Waals surface area contributed by atoms with E-state index in [9.17, 15) is 14.4 Å². The minimum Gasteiger partial charge on any atom is -0.480 e. The topological polar surface area (TPSA) is 94.9 Å².